The average Bonchev–Trinajstić information content (AvgIpc) is 3.31. The topological polar surface area (TPSA) is 105 Å². The van der Waals surface area contributed by atoms with Crippen LogP contribution in [0.5, 0.6) is 0 Å². The number of nitriles is 2. The van der Waals surface area contributed by atoms with Crippen molar-refractivity contribution < 1.29 is 4.79 Å². The van der Waals surface area contributed by atoms with Crippen LogP contribution in [0, 0.1) is 28.1 Å². The van der Waals surface area contributed by atoms with E-state index in [2.05, 4.69) is 27.8 Å². The van der Waals surface area contributed by atoms with E-state index < -0.39 is 21.1 Å². The van der Waals surface area contributed by atoms with Gasteiger partial charge in [-0.05, 0) is 49.6 Å². The van der Waals surface area contributed by atoms with Crippen molar-refractivity contribution in [2.24, 2.45) is 5.41 Å². The second kappa shape index (κ2) is 10.8. The van der Waals surface area contributed by atoms with Gasteiger partial charge in [-0.15, -0.1) is 0 Å². The first-order valence-electron chi connectivity index (χ1n) is 12.1. The summed E-state index contributed by atoms with van der Waals surface area (Å²) in [4.78, 5) is 19.8. The highest BCUT2D eigenvalue weighted by Crippen LogP contribution is 2.43. The van der Waals surface area contributed by atoms with E-state index in [0.717, 1.165) is 0 Å². The Bertz CT molecular complexity index is 1370. The molecule has 2 aliphatic rings. The van der Waals surface area contributed by atoms with Crippen molar-refractivity contribution in [1.29, 1.82) is 10.5 Å². The Hall–Kier alpha value is -3.10. The first-order valence-corrected chi connectivity index (χ1v) is 13.0. The molecule has 0 bridgehead atoms. The minimum Gasteiger partial charge on any atom is -0.355 e. The Labute approximate surface area is 241 Å². The van der Waals surface area contributed by atoms with Gasteiger partial charge in [0.05, 0.1) is 75.9 Å². The van der Waals surface area contributed by atoms with E-state index in [0.29, 0.717) is 53.2 Å². The lowest BCUT2D eigenvalue weighted by Crippen LogP contribution is -2.50. The minimum atomic E-state index is -1.81. The quantitative estimate of drug-likeness (QED) is 0.573. The van der Waals surface area contributed by atoms with Crippen LogP contribution in [0.25, 0.3) is 10.6 Å². The molecule has 1 atom stereocenters. The highest BCUT2D eigenvalue weighted by Gasteiger charge is 2.34. The molecule has 2 aromatic rings. The van der Waals surface area contributed by atoms with E-state index in [1.807, 2.05) is 13.0 Å². The number of amides is 2. The lowest BCUT2D eigenvalue weighted by atomic mass is 9.40. The maximum Gasteiger partial charge on any atom is 0.319 e. The summed E-state index contributed by atoms with van der Waals surface area (Å²) in [6.45, 7) is 2.85. The number of thioether (sulfide) groups is 1. The van der Waals surface area contributed by atoms with Crippen LogP contribution in [0.2, 0.25) is 0 Å². The molecule has 0 saturated carbocycles. The maximum atomic E-state index is 13.1. The molecule has 1 aromatic carbocycles. The molecule has 1 fully saturated rings. The molecular formula is C25H20B6N6OS. The number of hydrogen-bond donors (Lipinski definition) is 2. The summed E-state index contributed by atoms with van der Waals surface area (Å²) in [7, 11) is 35.6. The summed E-state index contributed by atoms with van der Waals surface area (Å²) in [5, 5.41) is 21.6. The summed E-state index contributed by atoms with van der Waals surface area (Å²) in [6, 6.07) is 14.4. The zero-order valence-electron chi connectivity index (χ0n) is 21.4. The molecule has 12 radical (unpaired) electrons. The predicted molar refractivity (Wildman–Crippen MR) is 158 cm³/mol. The van der Waals surface area contributed by atoms with Crippen molar-refractivity contribution in [3.63, 3.8) is 0 Å². The molecular weight excluding hydrogens is 497 g/mol. The number of rotatable bonds is 5. The predicted octanol–water partition coefficient (Wildman–Crippen LogP) is 0.966. The number of piperidine rings is 1. The minimum absolute atomic E-state index is 0.0975. The Morgan fingerprint density at radius 1 is 1.08 bits per heavy atom. The SMILES string of the molecule is [B]C([B])([B])c1cc(C2=C(c3cccc(C#N)c3)NC(NC(=O)N3CCC(C)(C#N)CC3)S2)cc(C([B])([B])[B])n1. The number of nitrogens with zero attached hydrogens (tertiary/aromatic N) is 4. The van der Waals surface area contributed by atoms with E-state index in [1.54, 1.807) is 35.2 Å². The largest absolute Gasteiger partial charge is 0.355 e. The van der Waals surface area contributed by atoms with E-state index in [-0.39, 0.29) is 17.4 Å². The van der Waals surface area contributed by atoms with Crippen molar-refractivity contribution in [2.75, 3.05) is 13.1 Å². The van der Waals surface area contributed by atoms with Crippen molar-refractivity contribution in [2.45, 2.75) is 35.5 Å². The third-order valence-electron chi connectivity index (χ3n) is 6.67. The second-order valence-corrected chi connectivity index (χ2v) is 11.3. The van der Waals surface area contributed by atoms with E-state index in [4.69, 9.17) is 47.1 Å². The lowest BCUT2D eigenvalue weighted by Gasteiger charge is -2.35. The van der Waals surface area contributed by atoms with Gasteiger partial charge in [0.15, 0.2) is 5.50 Å². The number of benzene rings is 1. The van der Waals surface area contributed by atoms with Gasteiger partial charge in [0, 0.05) is 34.9 Å². The number of likely N-dealkylation sites (tertiary alicyclic amines) is 1. The maximum absolute atomic E-state index is 13.1. The van der Waals surface area contributed by atoms with E-state index in [1.165, 1.54) is 11.8 Å². The molecule has 180 valence electrons. The van der Waals surface area contributed by atoms with Crippen LogP contribution in [0.3, 0.4) is 0 Å². The third-order valence-corrected chi connectivity index (χ3v) is 7.82. The van der Waals surface area contributed by atoms with Crippen LogP contribution in [-0.2, 0) is 10.2 Å². The molecule has 2 amide bonds. The fourth-order valence-corrected chi connectivity index (χ4v) is 5.38. The summed E-state index contributed by atoms with van der Waals surface area (Å²) < 4.78 is 0. The Balaban J connectivity index is 1.70. The summed E-state index contributed by atoms with van der Waals surface area (Å²) in [6.07, 6.45) is 1.19. The molecule has 3 heterocycles. The monoisotopic (exact) mass is 518 g/mol. The van der Waals surface area contributed by atoms with Crippen LogP contribution < -0.4 is 10.6 Å². The highest BCUT2D eigenvalue weighted by molar-refractivity contribution is 8.09. The molecule has 2 N–H and O–H groups in total. The van der Waals surface area contributed by atoms with E-state index >= 15 is 0 Å². The summed E-state index contributed by atoms with van der Waals surface area (Å²) >= 11 is 1.32. The molecule has 2 aliphatic heterocycles. The lowest BCUT2D eigenvalue weighted by molar-refractivity contribution is 0.155. The second-order valence-electron chi connectivity index (χ2n) is 10.1. The molecule has 1 aromatic heterocycles. The van der Waals surface area contributed by atoms with Gasteiger partial charge >= 0.3 is 6.03 Å². The van der Waals surface area contributed by atoms with Gasteiger partial charge in [-0.3, -0.25) is 4.98 Å². The Morgan fingerprint density at radius 3 is 2.23 bits per heavy atom. The van der Waals surface area contributed by atoms with Crippen LogP contribution in [0.15, 0.2) is 36.4 Å². The summed E-state index contributed by atoms with van der Waals surface area (Å²) in [5.41, 5.74) is 1.54. The van der Waals surface area contributed by atoms with Crippen LogP contribution in [0.4, 0.5) is 4.79 Å². The van der Waals surface area contributed by atoms with Crippen molar-refractivity contribution >= 4 is 75.5 Å². The van der Waals surface area contributed by atoms with Gasteiger partial charge in [-0.1, -0.05) is 34.1 Å². The molecule has 14 heteroatoms. The zero-order valence-corrected chi connectivity index (χ0v) is 22.3. The molecule has 4 rings (SSSR count). The molecule has 0 spiro atoms. The Morgan fingerprint density at radius 2 is 1.69 bits per heavy atom. The number of hydrogen-bond acceptors (Lipinski definition) is 6. The van der Waals surface area contributed by atoms with Gasteiger partial charge in [0.25, 0.3) is 0 Å². The van der Waals surface area contributed by atoms with Gasteiger partial charge in [-0.2, -0.15) is 10.5 Å². The average molecular weight is 517 g/mol. The highest BCUT2D eigenvalue weighted by atomic mass is 32.2. The fourth-order valence-electron chi connectivity index (χ4n) is 4.26. The van der Waals surface area contributed by atoms with Gasteiger partial charge in [-0.25, -0.2) is 4.79 Å². The number of carbonyl (C=O) groups is 1. The molecule has 7 nitrogen and oxygen atoms in total. The molecule has 1 unspecified atom stereocenters. The van der Waals surface area contributed by atoms with Gasteiger partial charge in [0.2, 0.25) is 0 Å². The normalized spacial score (nSPS) is 19.1. The third kappa shape index (κ3) is 6.56. The number of aromatic nitrogens is 1. The van der Waals surface area contributed by atoms with Crippen molar-refractivity contribution in [3.05, 3.63) is 64.5 Å². The molecule has 1 saturated heterocycles. The smallest absolute Gasteiger partial charge is 0.319 e. The van der Waals surface area contributed by atoms with Crippen molar-refractivity contribution in [1.82, 2.24) is 20.5 Å². The van der Waals surface area contributed by atoms with Crippen molar-refractivity contribution in [3.8, 4) is 12.1 Å². The van der Waals surface area contributed by atoms with Crippen LogP contribution >= 0.6 is 11.8 Å². The molecule has 0 aliphatic carbocycles. The van der Waals surface area contributed by atoms with Gasteiger partial charge in [0.1, 0.15) is 0 Å². The van der Waals surface area contributed by atoms with E-state index in [9.17, 15) is 15.3 Å². The van der Waals surface area contributed by atoms with Gasteiger partial charge < -0.3 is 15.5 Å². The number of nitrogens with one attached hydrogen (secondary N) is 2. The number of carbonyl (C=O) groups excluding carboxylic acids is 1. The fraction of sp³-hybridized carbons (Fsp3) is 0.360. The van der Waals surface area contributed by atoms with Crippen LogP contribution in [0.1, 0.15) is 47.8 Å². The first-order chi connectivity index (χ1) is 18.2. The summed E-state index contributed by atoms with van der Waals surface area (Å²) in [5.74, 6) is 0. The number of urea groups is 1. The molecule has 39 heavy (non-hydrogen) atoms. The first kappa shape index (κ1) is 28.9. The van der Waals surface area contributed by atoms with Crippen LogP contribution in [-0.4, -0.2) is 81.6 Å². The number of pyridine rings is 1. The standard InChI is InChI=1S/C25H20B6N6OS/c1-23(13-33)5-7-37(8-6-23)22(38)36-21-35-19(15-4-2-3-14(9-15)12-32)20(39-21)16-10-17(24(26,27)28)34-18(11-16)25(29,30)31/h2-4,9-11,21,35H,5-8H2,1H3,(H,36,38). The zero-order chi connectivity index (χ0) is 28.6. The Kier molecular flexibility index (Phi) is 8.01.